The van der Waals surface area contributed by atoms with Crippen molar-refractivity contribution in [2.75, 3.05) is 11.5 Å². The number of nitrogens with zero attached hydrogens (tertiary/aromatic N) is 3. The van der Waals surface area contributed by atoms with Crippen molar-refractivity contribution in [1.82, 2.24) is 14.5 Å². The van der Waals surface area contributed by atoms with Crippen molar-refractivity contribution < 1.29 is 0 Å². The number of hydrogen-bond acceptors (Lipinski definition) is 6. The Labute approximate surface area is 170 Å². The summed E-state index contributed by atoms with van der Waals surface area (Å²) in [5.74, 6) is 0. The zero-order valence-corrected chi connectivity index (χ0v) is 17.0. The van der Waals surface area contributed by atoms with Crippen LogP contribution in [0.5, 0.6) is 0 Å². The zero-order chi connectivity index (χ0) is 19.3. The van der Waals surface area contributed by atoms with Gasteiger partial charge in [-0.2, -0.15) is 0 Å². The summed E-state index contributed by atoms with van der Waals surface area (Å²) in [5.41, 5.74) is 18.1. The Morgan fingerprint density at radius 1 is 0.821 bits per heavy atom. The SMILES string of the molecule is CCCn1c2ccc(-c3csc(N)n3)cc2c2cc(-c3csc(N)n3)ccc21. The minimum Gasteiger partial charge on any atom is -0.375 e. The summed E-state index contributed by atoms with van der Waals surface area (Å²) in [5, 5.41) is 7.63. The highest BCUT2D eigenvalue weighted by atomic mass is 32.1. The summed E-state index contributed by atoms with van der Waals surface area (Å²) in [6.07, 6.45) is 1.08. The predicted octanol–water partition coefficient (Wildman–Crippen LogP) is 5.62. The minimum atomic E-state index is 0.590. The molecule has 0 fully saturated rings. The highest BCUT2D eigenvalue weighted by Crippen LogP contribution is 2.36. The topological polar surface area (TPSA) is 82.8 Å². The van der Waals surface area contributed by atoms with Crippen LogP contribution < -0.4 is 11.5 Å². The van der Waals surface area contributed by atoms with Gasteiger partial charge in [-0.3, -0.25) is 0 Å². The molecule has 0 spiro atoms. The number of aromatic nitrogens is 3. The standard InChI is InChI=1S/C21H19N5S2/c1-2-7-26-18-5-3-12(16-10-27-20(22)24-16)8-14(18)15-9-13(4-6-19(15)26)17-11-28-21(23)25-17/h3-6,8-11H,2,7H2,1H3,(H2,22,24)(H2,23,25). The van der Waals surface area contributed by atoms with E-state index in [9.17, 15) is 0 Å². The molecule has 0 unspecified atom stereocenters. The molecule has 7 heteroatoms. The molecule has 3 heterocycles. The van der Waals surface area contributed by atoms with Crippen molar-refractivity contribution in [3.05, 3.63) is 47.2 Å². The second-order valence-electron chi connectivity index (χ2n) is 6.76. The molecule has 0 aliphatic rings. The summed E-state index contributed by atoms with van der Waals surface area (Å²) in [6.45, 7) is 3.18. The fourth-order valence-electron chi connectivity index (χ4n) is 3.73. The number of aryl methyl sites for hydroxylation is 1. The van der Waals surface area contributed by atoms with Gasteiger partial charge in [0.1, 0.15) is 0 Å². The monoisotopic (exact) mass is 405 g/mol. The largest absolute Gasteiger partial charge is 0.375 e. The molecule has 3 aromatic heterocycles. The molecule has 0 amide bonds. The molecule has 0 atom stereocenters. The van der Waals surface area contributed by atoms with E-state index in [-0.39, 0.29) is 0 Å². The number of anilines is 2. The van der Waals surface area contributed by atoms with Crippen LogP contribution >= 0.6 is 22.7 Å². The second kappa shape index (κ2) is 6.61. The first kappa shape index (κ1) is 17.2. The quantitative estimate of drug-likeness (QED) is 0.407. The van der Waals surface area contributed by atoms with Crippen molar-refractivity contribution in [3.8, 4) is 22.5 Å². The molecule has 28 heavy (non-hydrogen) atoms. The van der Waals surface area contributed by atoms with Gasteiger partial charge in [0.2, 0.25) is 0 Å². The highest BCUT2D eigenvalue weighted by Gasteiger charge is 2.14. The smallest absolute Gasteiger partial charge is 0.180 e. The zero-order valence-electron chi connectivity index (χ0n) is 15.3. The Morgan fingerprint density at radius 3 is 1.71 bits per heavy atom. The molecule has 5 rings (SSSR count). The number of nitrogens with two attached hydrogens (primary N) is 2. The van der Waals surface area contributed by atoms with E-state index in [4.69, 9.17) is 11.5 Å². The van der Waals surface area contributed by atoms with Crippen molar-refractivity contribution in [3.63, 3.8) is 0 Å². The number of fused-ring (bicyclic) bond motifs is 3. The van der Waals surface area contributed by atoms with Crippen molar-refractivity contribution >= 4 is 54.7 Å². The van der Waals surface area contributed by atoms with E-state index in [0.717, 1.165) is 35.5 Å². The Bertz CT molecular complexity index is 1210. The Kier molecular flexibility index (Phi) is 4.07. The fourth-order valence-corrected chi connectivity index (χ4v) is 4.87. The van der Waals surface area contributed by atoms with Gasteiger partial charge in [-0.05, 0) is 30.7 Å². The average Bonchev–Trinajstić information content (AvgIpc) is 3.40. The first-order chi connectivity index (χ1) is 13.6. The molecular weight excluding hydrogens is 386 g/mol. The van der Waals surface area contributed by atoms with E-state index in [0.29, 0.717) is 10.3 Å². The fraction of sp³-hybridized carbons (Fsp3) is 0.143. The maximum absolute atomic E-state index is 5.84. The van der Waals surface area contributed by atoms with Gasteiger partial charge < -0.3 is 16.0 Å². The Morgan fingerprint density at radius 2 is 1.32 bits per heavy atom. The van der Waals surface area contributed by atoms with E-state index in [2.05, 4.69) is 57.9 Å². The van der Waals surface area contributed by atoms with Crippen LogP contribution in [0.2, 0.25) is 0 Å². The third kappa shape index (κ3) is 2.75. The van der Waals surface area contributed by atoms with Gasteiger partial charge in [-0.1, -0.05) is 19.1 Å². The van der Waals surface area contributed by atoms with E-state index in [1.807, 2.05) is 10.8 Å². The number of thiazole rings is 2. The molecule has 0 saturated carbocycles. The van der Waals surface area contributed by atoms with Gasteiger partial charge >= 0.3 is 0 Å². The normalized spacial score (nSPS) is 11.6. The molecule has 0 radical (unpaired) electrons. The van der Waals surface area contributed by atoms with Crippen molar-refractivity contribution in [1.29, 1.82) is 0 Å². The van der Waals surface area contributed by atoms with E-state index < -0.39 is 0 Å². The van der Waals surface area contributed by atoms with Gasteiger partial charge in [0.15, 0.2) is 10.3 Å². The van der Waals surface area contributed by atoms with Crippen LogP contribution in [0, 0.1) is 0 Å². The molecular formula is C21H19N5S2. The van der Waals surface area contributed by atoms with E-state index in [1.54, 1.807) is 0 Å². The number of rotatable bonds is 4. The van der Waals surface area contributed by atoms with Crippen LogP contribution in [0.25, 0.3) is 44.3 Å². The third-order valence-corrected chi connectivity index (χ3v) is 6.30. The molecule has 2 aromatic carbocycles. The predicted molar refractivity (Wildman–Crippen MR) is 121 cm³/mol. The first-order valence-electron chi connectivity index (χ1n) is 9.13. The van der Waals surface area contributed by atoms with Crippen LogP contribution in [-0.2, 0) is 6.54 Å². The number of hydrogen-bond donors (Lipinski definition) is 2. The average molecular weight is 406 g/mol. The van der Waals surface area contributed by atoms with Crippen molar-refractivity contribution in [2.24, 2.45) is 0 Å². The summed E-state index contributed by atoms with van der Waals surface area (Å²) in [7, 11) is 0. The molecule has 4 N–H and O–H groups in total. The first-order valence-corrected chi connectivity index (χ1v) is 10.9. The van der Waals surface area contributed by atoms with Gasteiger partial charge in [0.05, 0.1) is 11.4 Å². The van der Waals surface area contributed by atoms with Gasteiger partial charge in [0.25, 0.3) is 0 Å². The summed E-state index contributed by atoms with van der Waals surface area (Å²) in [6, 6.07) is 13.1. The lowest BCUT2D eigenvalue weighted by Gasteiger charge is -2.06. The number of nitrogen functional groups attached to an aromatic ring is 2. The van der Waals surface area contributed by atoms with Crippen LogP contribution in [0.4, 0.5) is 10.3 Å². The Hall–Kier alpha value is -2.90. The minimum absolute atomic E-state index is 0.590. The van der Waals surface area contributed by atoms with Crippen LogP contribution in [-0.4, -0.2) is 14.5 Å². The lowest BCUT2D eigenvalue weighted by Crippen LogP contribution is -1.95. The maximum Gasteiger partial charge on any atom is 0.180 e. The molecule has 0 aliphatic heterocycles. The highest BCUT2D eigenvalue weighted by molar-refractivity contribution is 7.14. The second-order valence-corrected chi connectivity index (χ2v) is 8.54. The van der Waals surface area contributed by atoms with Crippen LogP contribution in [0.3, 0.4) is 0 Å². The molecule has 140 valence electrons. The van der Waals surface area contributed by atoms with Gasteiger partial charge in [0, 0.05) is 50.2 Å². The Balaban J connectivity index is 1.77. The van der Waals surface area contributed by atoms with Crippen LogP contribution in [0.15, 0.2) is 47.2 Å². The van der Waals surface area contributed by atoms with Crippen LogP contribution in [0.1, 0.15) is 13.3 Å². The molecule has 0 aliphatic carbocycles. The van der Waals surface area contributed by atoms with Gasteiger partial charge in [-0.25, -0.2) is 9.97 Å². The molecule has 5 aromatic rings. The van der Waals surface area contributed by atoms with Crippen molar-refractivity contribution in [2.45, 2.75) is 19.9 Å². The third-order valence-electron chi connectivity index (χ3n) is 4.95. The number of benzene rings is 2. The van der Waals surface area contributed by atoms with Gasteiger partial charge in [-0.15, -0.1) is 22.7 Å². The summed E-state index contributed by atoms with van der Waals surface area (Å²) in [4.78, 5) is 8.89. The summed E-state index contributed by atoms with van der Waals surface area (Å²) < 4.78 is 2.39. The molecule has 5 nitrogen and oxygen atoms in total. The maximum atomic E-state index is 5.84. The lowest BCUT2D eigenvalue weighted by molar-refractivity contribution is 0.724. The van der Waals surface area contributed by atoms with E-state index in [1.165, 1.54) is 44.5 Å². The summed E-state index contributed by atoms with van der Waals surface area (Å²) >= 11 is 2.93. The van der Waals surface area contributed by atoms with E-state index >= 15 is 0 Å². The molecule has 0 saturated heterocycles. The lowest BCUT2D eigenvalue weighted by atomic mass is 10.1. The molecule has 0 bridgehead atoms.